The number of aromatic amines is 1. The first kappa shape index (κ1) is 17.6. The fourth-order valence-corrected chi connectivity index (χ4v) is 3.52. The predicted molar refractivity (Wildman–Crippen MR) is 109 cm³/mol. The first-order valence-electron chi connectivity index (χ1n) is 9.09. The van der Waals surface area contributed by atoms with Gasteiger partial charge >= 0.3 is 6.03 Å². The van der Waals surface area contributed by atoms with Crippen LogP contribution in [-0.4, -0.2) is 40.5 Å². The normalized spacial score (nSPS) is 14.3. The summed E-state index contributed by atoms with van der Waals surface area (Å²) >= 11 is 5.89. The Morgan fingerprint density at radius 2 is 2.11 bits per heavy atom. The van der Waals surface area contributed by atoms with Crippen LogP contribution in [0, 0.1) is 0 Å². The largest absolute Gasteiger partial charge is 0.346 e. The Hall–Kier alpha value is -2.79. The van der Waals surface area contributed by atoms with Gasteiger partial charge < -0.3 is 15.2 Å². The number of nitrogens with zero attached hydrogens (tertiary/aromatic N) is 2. The van der Waals surface area contributed by atoms with E-state index in [4.69, 9.17) is 11.6 Å². The molecule has 4 rings (SSSR count). The lowest BCUT2D eigenvalue weighted by Gasteiger charge is -2.26. The Bertz CT molecular complexity index is 977. The van der Waals surface area contributed by atoms with Crippen molar-refractivity contribution in [3.8, 4) is 0 Å². The number of carbonyl (C=O) groups is 1. The van der Waals surface area contributed by atoms with Crippen LogP contribution in [0.2, 0.25) is 5.02 Å². The quantitative estimate of drug-likeness (QED) is 0.710. The molecule has 0 aliphatic carbocycles. The molecule has 0 bridgehead atoms. The van der Waals surface area contributed by atoms with Crippen LogP contribution < -0.4 is 5.32 Å². The minimum absolute atomic E-state index is 0.0140. The van der Waals surface area contributed by atoms with Crippen molar-refractivity contribution in [2.24, 2.45) is 0 Å². The maximum absolute atomic E-state index is 12.4. The van der Waals surface area contributed by atoms with Gasteiger partial charge in [-0.25, -0.2) is 9.78 Å². The lowest BCUT2D eigenvalue weighted by Crippen LogP contribution is -2.42. The van der Waals surface area contributed by atoms with Crippen molar-refractivity contribution in [2.45, 2.75) is 12.8 Å². The van der Waals surface area contributed by atoms with Crippen molar-refractivity contribution < 1.29 is 4.79 Å². The summed E-state index contributed by atoms with van der Waals surface area (Å²) in [5, 5.41) is 4.86. The fourth-order valence-electron chi connectivity index (χ4n) is 3.40. The van der Waals surface area contributed by atoms with E-state index in [2.05, 4.69) is 27.4 Å². The second-order valence-corrected chi connectivity index (χ2v) is 7.07. The lowest BCUT2D eigenvalue weighted by molar-refractivity contribution is 0.203. The van der Waals surface area contributed by atoms with E-state index in [9.17, 15) is 4.79 Å². The summed E-state index contributed by atoms with van der Waals surface area (Å²) in [5.74, 6) is 0. The number of H-pyrrole nitrogens is 1. The highest BCUT2D eigenvalue weighted by Crippen LogP contribution is 2.28. The molecule has 0 atom stereocenters. The Labute approximate surface area is 163 Å². The zero-order chi connectivity index (χ0) is 18.6. The number of hydrogen-bond acceptors (Lipinski definition) is 2. The maximum Gasteiger partial charge on any atom is 0.317 e. The van der Waals surface area contributed by atoms with Gasteiger partial charge in [0, 0.05) is 48.0 Å². The molecule has 0 saturated heterocycles. The molecule has 0 unspecified atom stereocenters. The molecule has 138 valence electrons. The summed E-state index contributed by atoms with van der Waals surface area (Å²) in [5.41, 5.74) is 4.50. The minimum atomic E-state index is -0.0140. The van der Waals surface area contributed by atoms with Crippen molar-refractivity contribution in [1.82, 2.24) is 20.2 Å². The minimum Gasteiger partial charge on any atom is -0.346 e. The number of pyridine rings is 1. The molecule has 1 aliphatic rings. The van der Waals surface area contributed by atoms with E-state index in [0.29, 0.717) is 19.6 Å². The third-order valence-corrected chi connectivity index (χ3v) is 5.15. The van der Waals surface area contributed by atoms with Gasteiger partial charge in [0.2, 0.25) is 0 Å². The molecule has 27 heavy (non-hydrogen) atoms. The summed E-state index contributed by atoms with van der Waals surface area (Å²) < 4.78 is 0. The molecule has 3 aromatic rings. The SMILES string of the molecule is O=C(NCCc1ccc(Cl)cc1)N1CC=C(c2c[nH]c3ncccc23)CC1. The first-order valence-corrected chi connectivity index (χ1v) is 9.47. The van der Waals surface area contributed by atoms with E-state index in [0.717, 1.165) is 34.5 Å². The predicted octanol–water partition coefficient (Wildman–Crippen LogP) is 4.26. The van der Waals surface area contributed by atoms with Crippen LogP contribution in [0.5, 0.6) is 0 Å². The molecule has 1 aliphatic heterocycles. The average Bonchev–Trinajstić information content (AvgIpc) is 3.14. The van der Waals surface area contributed by atoms with Gasteiger partial charge in [-0.05, 0) is 48.2 Å². The Morgan fingerprint density at radius 1 is 1.26 bits per heavy atom. The lowest BCUT2D eigenvalue weighted by atomic mass is 10.00. The molecule has 2 amide bonds. The summed E-state index contributed by atoms with van der Waals surface area (Å²) in [6.45, 7) is 1.95. The first-order chi connectivity index (χ1) is 13.2. The summed E-state index contributed by atoms with van der Waals surface area (Å²) in [6, 6.07) is 11.7. The van der Waals surface area contributed by atoms with Gasteiger partial charge in [0.25, 0.3) is 0 Å². The van der Waals surface area contributed by atoms with E-state index in [-0.39, 0.29) is 6.03 Å². The molecule has 0 spiro atoms. The van der Waals surface area contributed by atoms with Crippen molar-refractivity contribution in [2.75, 3.05) is 19.6 Å². The molecule has 2 aromatic heterocycles. The van der Waals surface area contributed by atoms with E-state index in [1.807, 2.05) is 41.4 Å². The van der Waals surface area contributed by atoms with Gasteiger partial charge in [-0.15, -0.1) is 0 Å². The van der Waals surface area contributed by atoms with Crippen molar-refractivity contribution in [3.05, 3.63) is 71.0 Å². The Kier molecular flexibility index (Phi) is 5.12. The topological polar surface area (TPSA) is 61.0 Å². The third kappa shape index (κ3) is 3.98. The number of hydrogen-bond donors (Lipinski definition) is 2. The third-order valence-electron chi connectivity index (χ3n) is 4.90. The maximum atomic E-state index is 12.4. The van der Waals surface area contributed by atoms with Crippen LogP contribution in [0.15, 0.2) is 54.9 Å². The second-order valence-electron chi connectivity index (χ2n) is 6.64. The number of carbonyl (C=O) groups excluding carboxylic acids is 1. The van der Waals surface area contributed by atoms with Crippen molar-refractivity contribution in [3.63, 3.8) is 0 Å². The van der Waals surface area contributed by atoms with Gasteiger partial charge in [-0.2, -0.15) is 0 Å². The highest BCUT2D eigenvalue weighted by Gasteiger charge is 2.19. The van der Waals surface area contributed by atoms with E-state index >= 15 is 0 Å². The van der Waals surface area contributed by atoms with Gasteiger partial charge in [-0.3, -0.25) is 0 Å². The van der Waals surface area contributed by atoms with Crippen LogP contribution in [-0.2, 0) is 6.42 Å². The van der Waals surface area contributed by atoms with Gasteiger partial charge in [0.1, 0.15) is 5.65 Å². The number of fused-ring (bicyclic) bond motifs is 1. The molecule has 6 heteroatoms. The van der Waals surface area contributed by atoms with Crippen LogP contribution in [0.4, 0.5) is 4.79 Å². The monoisotopic (exact) mass is 380 g/mol. The Morgan fingerprint density at radius 3 is 2.89 bits per heavy atom. The highest BCUT2D eigenvalue weighted by atomic mass is 35.5. The number of rotatable bonds is 4. The fraction of sp³-hybridized carbons (Fsp3) is 0.238. The molecule has 2 N–H and O–H groups in total. The number of amides is 2. The second kappa shape index (κ2) is 7.84. The number of halogens is 1. The van der Waals surface area contributed by atoms with Crippen molar-refractivity contribution in [1.29, 1.82) is 0 Å². The molecule has 1 aromatic carbocycles. The number of aromatic nitrogens is 2. The van der Waals surface area contributed by atoms with E-state index in [1.54, 1.807) is 6.20 Å². The van der Waals surface area contributed by atoms with Crippen LogP contribution in [0.3, 0.4) is 0 Å². The molecule has 0 fully saturated rings. The van der Waals surface area contributed by atoms with Gasteiger partial charge in [0.05, 0.1) is 0 Å². The van der Waals surface area contributed by atoms with Crippen LogP contribution >= 0.6 is 11.6 Å². The number of nitrogens with one attached hydrogen (secondary N) is 2. The van der Waals surface area contributed by atoms with Crippen LogP contribution in [0.25, 0.3) is 16.6 Å². The smallest absolute Gasteiger partial charge is 0.317 e. The molecular weight excluding hydrogens is 360 g/mol. The standard InChI is InChI=1S/C21H21ClN4O/c22-17-5-3-15(4-6-17)7-11-24-21(27)26-12-8-16(9-13-26)19-14-25-20-18(19)2-1-10-23-20/h1-6,8,10,14H,7,9,11-13H2,(H,23,25)(H,24,27). The zero-order valence-corrected chi connectivity index (χ0v) is 15.7. The van der Waals surface area contributed by atoms with E-state index < -0.39 is 0 Å². The van der Waals surface area contributed by atoms with Crippen LogP contribution in [0.1, 0.15) is 17.5 Å². The molecule has 3 heterocycles. The van der Waals surface area contributed by atoms with Gasteiger partial charge in [0.15, 0.2) is 0 Å². The number of benzene rings is 1. The summed E-state index contributed by atoms with van der Waals surface area (Å²) in [6.07, 6.45) is 7.56. The Balaban J connectivity index is 1.32. The van der Waals surface area contributed by atoms with E-state index in [1.165, 1.54) is 11.1 Å². The molecule has 5 nitrogen and oxygen atoms in total. The van der Waals surface area contributed by atoms with Gasteiger partial charge in [-0.1, -0.05) is 29.8 Å². The summed E-state index contributed by atoms with van der Waals surface area (Å²) in [7, 11) is 0. The zero-order valence-electron chi connectivity index (χ0n) is 14.9. The average molecular weight is 381 g/mol. The van der Waals surface area contributed by atoms with Crippen molar-refractivity contribution >= 4 is 34.2 Å². The molecular formula is C21H21ClN4O. The summed E-state index contributed by atoms with van der Waals surface area (Å²) in [4.78, 5) is 21.8. The molecule has 0 saturated carbocycles. The highest BCUT2D eigenvalue weighted by molar-refractivity contribution is 6.30. The molecule has 0 radical (unpaired) electrons. The number of urea groups is 1.